The van der Waals surface area contributed by atoms with Crippen molar-refractivity contribution in [3.05, 3.63) is 17.7 Å². The lowest BCUT2D eigenvalue weighted by Crippen LogP contribution is -2.26. The molecule has 1 rings (SSSR count). The number of nitrogens with two attached hydrogens (primary N) is 1. The fourth-order valence-electron chi connectivity index (χ4n) is 1.58. The van der Waals surface area contributed by atoms with E-state index in [4.69, 9.17) is 5.84 Å². The largest absolute Gasteiger partial charge is 0.365 e. The zero-order valence-electron chi connectivity index (χ0n) is 10.2. The summed E-state index contributed by atoms with van der Waals surface area (Å²) in [5, 5.41) is 2.95. The van der Waals surface area contributed by atoms with E-state index < -0.39 is 11.6 Å². The van der Waals surface area contributed by atoms with Crippen LogP contribution in [0.1, 0.15) is 27.2 Å². The van der Waals surface area contributed by atoms with Gasteiger partial charge in [-0.1, -0.05) is 20.8 Å². The molecule has 0 bridgehead atoms. The summed E-state index contributed by atoms with van der Waals surface area (Å²) in [6, 6.07) is 0.838. The monoisotopic (exact) mass is 244 g/mol. The van der Waals surface area contributed by atoms with Gasteiger partial charge in [-0.15, -0.1) is 0 Å². The third kappa shape index (κ3) is 3.26. The van der Waals surface area contributed by atoms with Crippen LogP contribution < -0.4 is 16.6 Å². The standard InChI is InChI=1S/C11H18F2N4/c1-4-9(6(2)3)15-10-7(12)5-8(13)11(16-10)17-14/h5-6,9H,4,14H2,1-3H3,(H2,15,16,17). The second kappa shape index (κ2) is 5.77. The molecule has 17 heavy (non-hydrogen) atoms. The van der Waals surface area contributed by atoms with Crippen molar-refractivity contribution in [1.82, 2.24) is 4.98 Å². The summed E-state index contributed by atoms with van der Waals surface area (Å²) in [6.07, 6.45) is 0.821. The first kappa shape index (κ1) is 13.6. The Morgan fingerprint density at radius 1 is 1.29 bits per heavy atom. The Morgan fingerprint density at radius 2 is 1.88 bits per heavy atom. The lowest BCUT2D eigenvalue weighted by atomic mass is 10.0. The molecule has 0 aromatic carbocycles. The van der Waals surface area contributed by atoms with E-state index in [0.717, 1.165) is 12.5 Å². The summed E-state index contributed by atoms with van der Waals surface area (Å²) in [6.45, 7) is 6.02. The van der Waals surface area contributed by atoms with Crippen molar-refractivity contribution in [3.8, 4) is 0 Å². The average molecular weight is 244 g/mol. The van der Waals surface area contributed by atoms with E-state index in [1.165, 1.54) is 0 Å². The molecule has 4 nitrogen and oxygen atoms in total. The van der Waals surface area contributed by atoms with Gasteiger partial charge in [-0.2, -0.15) is 0 Å². The first-order chi connectivity index (χ1) is 7.99. The van der Waals surface area contributed by atoms with Gasteiger partial charge in [0.1, 0.15) is 0 Å². The number of halogens is 2. The minimum atomic E-state index is -0.812. The van der Waals surface area contributed by atoms with Crippen LogP contribution in [0.2, 0.25) is 0 Å². The molecule has 1 aromatic rings. The molecule has 0 saturated heterocycles. The highest BCUT2D eigenvalue weighted by Crippen LogP contribution is 2.21. The number of hydrogen-bond donors (Lipinski definition) is 3. The summed E-state index contributed by atoms with van der Waals surface area (Å²) in [4.78, 5) is 3.76. The Kier molecular flexibility index (Phi) is 4.62. The molecular formula is C11H18F2N4. The molecule has 0 aliphatic heterocycles. The maximum atomic E-state index is 13.5. The minimum absolute atomic E-state index is 0.0138. The quantitative estimate of drug-likeness (QED) is 0.550. The number of nitrogens with one attached hydrogen (secondary N) is 2. The van der Waals surface area contributed by atoms with Gasteiger partial charge in [0.25, 0.3) is 0 Å². The van der Waals surface area contributed by atoms with Crippen molar-refractivity contribution in [2.75, 3.05) is 10.7 Å². The van der Waals surface area contributed by atoms with Gasteiger partial charge in [-0.25, -0.2) is 19.6 Å². The van der Waals surface area contributed by atoms with Crippen LogP contribution in [0.15, 0.2) is 6.07 Å². The minimum Gasteiger partial charge on any atom is -0.365 e. The fourth-order valence-corrected chi connectivity index (χ4v) is 1.58. The Labute approximate surface area is 99.6 Å². The number of anilines is 2. The summed E-state index contributed by atoms with van der Waals surface area (Å²) >= 11 is 0. The van der Waals surface area contributed by atoms with E-state index in [9.17, 15) is 8.78 Å². The molecule has 1 aromatic heterocycles. The zero-order chi connectivity index (χ0) is 13.0. The molecule has 1 heterocycles. The number of rotatable bonds is 5. The third-order valence-corrected chi connectivity index (χ3v) is 2.63. The predicted octanol–water partition coefficient (Wildman–Crippen LogP) is 2.49. The van der Waals surface area contributed by atoms with Crippen LogP contribution in [-0.2, 0) is 0 Å². The molecule has 1 unspecified atom stereocenters. The third-order valence-electron chi connectivity index (χ3n) is 2.63. The van der Waals surface area contributed by atoms with E-state index >= 15 is 0 Å². The molecule has 96 valence electrons. The molecule has 0 radical (unpaired) electrons. The number of nitrogens with zero attached hydrogens (tertiary/aromatic N) is 1. The predicted molar refractivity (Wildman–Crippen MR) is 64.5 cm³/mol. The normalized spacial score (nSPS) is 12.6. The van der Waals surface area contributed by atoms with Gasteiger partial charge < -0.3 is 10.7 Å². The summed E-state index contributed by atoms with van der Waals surface area (Å²) in [7, 11) is 0. The molecule has 0 fully saturated rings. The van der Waals surface area contributed by atoms with E-state index in [2.05, 4.69) is 15.7 Å². The summed E-state index contributed by atoms with van der Waals surface area (Å²) in [5.41, 5.74) is 2.09. The van der Waals surface area contributed by atoms with Crippen molar-refractivity contribution in [2.24, 2.45) is 11.8 Å². The number of aromatic nitrogens is 1. The Hall–Kier alpha value is -1.43. The van der Waals surface area contributed by atoms with Gasteiger partial charge in [-0.05, 0) is 12.3 Å². The zero-order valence-corrected chi connectivity index (χ0v) is 10.2. The highest BCUT2D eigenvalue weighted by Gasteiger charge is 2.16. The van der Waals surface area contributed by atoms with Crippen LogP contribution in [0, 0.1) is 17.6 Å². The van der Waals surface area contributed by atoms with Crippen molar-refractivity contribution in [3.63, 3.8) is 0 Å². The highest BCUT2D eigenvalue weighted by atomic mass is 19.1. The molecule has 0 amide bonds. The molecule has 0 aliphatic rings. The SMILES string of the molecule is CCC(Nc1nc(NN)c(F)cc1F)C(C)C. The van der Waals surface area contributed by atoms with Crippen LogP contribution in [0.3, 0.4) is 0 Å². The average Bonchev–Trinajstić information content (AvgIpc) is 2.27. The second-order valence-electron chi connectivity index (χ2n) is 4.20. The van der Waals surface area contributed by atoms with Crippen molar-refractivity contribution in [2.45, 2.75) is 33.2 Å². The maximum Gasteiger partial charge on any atom is 0.178 e. The first-order valence-corrected chi connectivity index (χ1v) is 5.58. The van der Waals surface area contributed by atoms with E-state index in [1.54, 1.807) is 0 Å². The number of hydrogen-bond acceptors (Lipinski definition) is 4. The molecule has 1 atom stereocenters. The van der Waals surface area contributed by atoms with Gasteiger partial charge in [0.05, 0.1) is 0 Å². The second-order valence-corrected chi connectivity index (χ2v) is 4.20. The van der Waals surface area contributed by atoms with Crippen LogP contribution in [0.5, 0.6) is 0 Å². The van der Waals surface area contributed by atoms with Crippen molar-refractivity contribution in [1.29, 1.82) is 0 Å². The lowest BCUT2D eigenvalue weighted by molar-refractivity contribution is 0.502. The number of pyridine rings is 1. The summed E-state index contributed by atoms with van der Waals surface area (Å²) < 4.78 is 26.6. The van der Waals surface area contributed by atoms with Crippen molar-refractivity contribution >= 4 is 11.6 Å². The van der Waals surface area contributed by atoms with Crippen molar-refractivity contribution < 1.29 is 8.78 Å². The van der Waals surface area contributed by atoms with Gasteiger partial charge >= 0.3 is 0 Å². The first-order valence-electron chi connectivity index (χ1n) is 5.58. The van der Waals surface area contributed by atoms with Gasteiger partial charge in [0, 0.05) is 12.1 Å². The van der Waals surface area contributed by atoms with Crippen LogP contribution in [0.4, 0.5) is 20.4 Å². The topological polar surface area (TPSA) is 63.0 Å². The molecule has 0 saturated carbocycles. The number of hydrazine groups is 1. The van der Waals surface area contributed by atoms with Gasteiger partial charge in [-0.3, -0.25) is 0 Å². The van der Waals surface area contributed by atoms with E-state index in [0.29, 0.717) is 5.92 Å². The molecule has 0 spiro atoms. The molecule has 0 aliphatic carbocycles. The van der Waals surface area contributed by atoms with E-state index in [1.807, 2.05) is 20.8 Å². The van der Waals surface area contributed by atoms with E-state index in [-0.39, 0.29) is 17.7 Å². The molecule has 4 N–H and O–H groups in total. The maximum absolute atomic E-state index is 13.5. The van der Waals surface area contributed by atoms with Gasteiger partial charge in [0.2, 0.25) is 0 Å². The molecule has 6 heteroatoms. The van der Waals surface area contributed by atoms with Crippen LogP contribution in [0.25, 0.3) is 0 Å². The Balaban J connectivity index is 2.97. The van der Waals surface area contributed by atoms with Crippen LogP contribution >= 0.6 is 0 Å². The number of nitrogen functional groups attached to an aromatic ring is 1. The Morgan fingerprint density at radius 3 is 2.35 bits per heavy atom. The Bertz CT molecular complexity index is 382. The van der Waals surface area contributed by atoms with Crippen LogP contribution in [-0.4, -0.2) is 11.0 Å². The lowest BCUT2D eigenvalue weighted by Gasteiger charge is -2.21. The fraction of sp³-hybridized carbons (Fsp3) is 0.545. The van der Waals surface area contributed by atoms with Gasteiger partial charge in [0.15, 0.2) is 23.3 Å². The highest BCUT2D eigenvalue weighted by molar-refractivity contribution is 5.47. The summed E-state index contributed by atoms with van der Waals surface area (Å²) in [5.74, 6) is 3.72. The molecular weight excluding hydrogens is 226 g/mol. The smallest absolute Gasteiger partial charge is 0.178 e.